The van der Waals surface area contributed by atoms with E-state index in [4.69, 9.17) is 20.9 Å². The number of carbonyl (C=O) groups excluding carboxylic acids is 2. The average molecular weight is 607 g/mol. The minimum absolute atomic E-state index is 0.153. The van der Waals surface area contributed by atoms with Crippen LogP contribution in [0.1, 0.15) is 147 Å². The molecule has 0 aromatic heterocycles. The highest BCUT2D eigenvalue weighted by Gasteiger charge is 2.31. The van der Waals surface area contributed by atoms with Crippen LogP contribution in [0, 0.1) is 0 Å². The van der Waals surface area contributed by atoms with Gasteiger partial charge in [-0.2, -0.15) is 0 Å². The van der Waals surface area contributed by atoms with E-state index < -0.39 is 12.2 Å². The van der Waals surface area contributed by atoms with Crippen LogP contribution in [0.3, 0.4) is 0 Å². The highest BCUT2D eigenvalue weighted by atomic mass is 16.6. The average Bonchev–Trinajstić information content (AvgIpc) is 2.98. The SMILES string of the molecule is CCCCCCCCCCCCc1cc(OC(N)=O)c2c(c1CCCC(CCCCCCCC)OC(N)=O)-c1ccccc1-2. The smallest absolute Gasteiger partial charge is 0.409 e. The van der Waals surface area contributed by atoms with Crippen molar-refractivity contribution in [1.29, 1.82) is 0 Å². The minimum Gasteiger partial charge on any atom is -0.446 e. The number of rotatable bonds is 24. The fraction of sp³-hybridized carbons (Fsp3) is 0.632. The van der Waals surface area contributed by atoms with Crippen molar-refractivity contribution < 1.29 is 19.1 Å². The molecule has 2 aromatic carbocycles. The minimum atomic E-state index is -0.782. The van der Waals surface area contributed by atoms with Crippen LogP contribution in [0.4, 0.5) is 9.59 Å². The van der Waals surface area contributed by atoms with Crippen molar-refractivity contribution >= 4 is 12.2 Å². The Morgan fingerprint density at radius 3 is 1.73 bits per heavy atom. The molecule has 1 aliphatic rings. The number of hydrogen-bond acceptors (Lipinski definition) is 4. The Morgan fingerprint density at radius 1 is 0.636 bits per heavy atom. The van der Waals surface area contributed by atoms with Crippen molar-refractivity contribution in [2.45, 2.75) is 155 Å². The fourth-order valence-corrected chi connectivity index (χ4v) is 6.76. The van der Waals surface area contributed by atoms with E-state index in [9.17, 15) is 9.59 Å². The Morgan fingerprint density at radius 2 is 1.16 bits per heavy atom. The first-order valence-corrected chi connectivity index (χ1v) is 17.7. The van der Waals surface area contributed by atoms with Crippen molar-refractivity contribution in [3.8, 4) is 28.0 Å². The molecule has 244 valence electrons. The first-order valence-electron chi connectivity index (χ1n) is 17.7. The summed E-state index contributed by atoms with van der Waals surface area (Å²) in [7, 11) is 0. The van der Waals surface area contributed by atoms with Gasteiger partial charge in [-0.25, -0.2) is 9.59 Å². The second-order valence-electron chi connectivity index (χ2n) is 12.7. The zero-order valence-corrected chi connectivity index (χ0v) is 27.6. The molecule has 0 bridgehead atoms. The molecule has 0 spiro atoms. The van der Waals surface area contributed by atoms with Gasteiger partial charge in [0.05, 0.1) is 0 Å². The van der Waals surface area contributed by atoms with Crippen molar-refractivity contribution in [3.63, 3.8) is 0 Å². The van der Waals surface area contributed by atoms with Crippen LogP contribution in [0.5, 0.6) is 5.75 Å². The first kappa shape index (κ1) is 35.5. The number of carbonyl (C=O) groups is 2. The second-order valence-corrected chi connectivity index (χ2v) is 12.7. The van der Waals surface area contributed by atoms with Gasteiger partial charge in [0, 0.05) is 5.56 Å². The number of fused-ring (bicyclic) bond motifs is 4. The van der Waals surface area contributed by atoms with Crippen molar-refractivity contribution in [3.05, 3.63) is 41.5 Å². The van der Waals surface area contributed by atoms with Crippen LogP contribution >= 0.6 is 0 Å². The number of amides is 2. The number of nitrogens with two attached hydrogens (primary N) is 2. The number of unbranched alkanes of at least 4 members (excludes halogenated alkanes) is 14. The fourth-order valence-electron chi connectivity index (χ4n) is 6.76. The van der Waals surface area contributed by atoms with Crippen LogP contribution in [-0.4, -0.2) is 18.3 Å². The molecule has 6 nitrogen and oxygen atoms in total. The van der Waals surface area contributed by atoms with Gasteiger partial charge in [-0.05, 0) is 78.8 Å². The van der Waals surface area contributed by atoms with E-state index in [0.29, 0.717) is 5.75 Å². The van der Waals surface area contributed by atoms with Gasteiger partial charge in [-0.1, -0.05) is 128 Å². The zero-order valence-electron chi connectivity index (χ0n) is 27.6. The maximum absolute atomic E-state index is 11.9. The summed E-state index contributed by atoms with van der Waals surface area (Å²) in [6, 6.07) is 10.4. The van der Waals surface area contributed by atoms with Gasteiger partial charge in [0.15, 0.2) is 0 Å². The van der Waals surface area contributed by atoms with Crippen LogP contribution < -0.4 is 16.2 Å². The van der Waals surface area contributed by atoms with Gasteiger partial charge in [0.2, 0.25) is 0 Å². The maximum Gasteiger partial charge on any atom is 0.409 e. The van der Waals surface area contributed by atoms with E-state index in [1.165, 1.54) is 106 Å². The summed E-state index contributed by atoms with van der Waals surface area (Å²) in [6.07, 6.45) is 22.8. The Balaban J connectivity index is 1.67. The van der Waals surface area contributed by atoms with Gasteiger partial charge in [-0.3, -0.25) is 0 Å². The van der Waals surface area contributed by atoms with Crippen LogP contribution in [0.2, 0.25) is 0 Å². The first-order chi connectivity index (χ1) is 21.5. The molecule has 44 heavy (non-hydrogen) atoms. The lowest BCUT2D eigenvalue weighted by Crippen LogP contribution is -2.23. The van der Waals surface area contributed by atoms with E-state index in [2.05, 4.69) is 38.1 Å². The van der Waals surface area contributed by atoms with E-state index in [0.717, 1.165) is 62.5 Å². The third-order valence-corrected chi connectivity index (χ3v) is 9.08. The quantitative estimate of drug-likeness (QED) is 0.0989. The number of ether oxygens (including phenoxy) is 2. The molecule has 0 saturated carbocycles. The Kier molecular flexibility index (Phi) is 16.2. The number of hydrogen-bond donors (Lipinski definition) is 2. The van der Waals surface area contributed by atoms with Gasteiger partial charge in [-0.15, -0.1) is 0 Å². The van der Waals surface area contributed by atoms with Crippen LogP contribution in [-0.2, 0) is 17.6 Å². The molecule has 3 rings (SSSR count). The Labute approximate surface area is 266 Å². The predicted molar refractivity (Wildman–Crippen MR) is 182 cm³/mol. The van der Waals surface area contributed by atoms with Gasteiger partial charge in [0.1, 0.15) is 11.9 Å². The number of primary amides is 2. The Hall–Kier alpha value is -3.02. The van der Waals surface area contributed by atoms with Gasteiger partial charge < -0.3 is 20.9 Å². The molecule has 0 heterocycles. The molecule has 0 radical (unpaired) electrons. The van der Waals surface area contributed by atoms with E-state index in [1.54, 1.807) is 0 Å². The second kappa shape index (κ2) is 20.1. The predicted octanol–water partition coefficient (Wildman–Crippen LogP) is 10.8. The molecule has 4 N–H and O–H groups in total. The molecule has 0 saturated heterocycles. The molecule has 6 heteroatoms. The molecule has 0 fully saturated rings. The lowest BCUT2D eigenvalue weighted by Gasteiger charge is -2.31. The van der Waals surface area contributed by atoms with E-state index >= 15 is 0 Å². The Bertz CT molecular complexity index is 1160. The van der Waals surface area contributed by atoms with Gasteiger partial charge in [0.25, 0.3) is 0 Å². The molecular formula is C38H58N2O4. The summed E-state index contributed by atoms with van der Waals surface area (Å²) in [5, 5.41) is 0. The standard InChI is InChI=1S/C38H58N2O4/c1-3-5-7-9-11-12-13-14-15-17-22-29-28-34(44-38(40)42)36-33-26-20-19-25-32(33)35(36)31(29)27-21-24-30(43-37(39)41)23-18-16-10-8-6-4-2/h19-20,25-26,28,30H,3-18,21-24,27H2,1-2H3,(H2,39,41)(H2,40,42). The topological polar surface area (TPSA) is 105 Å². The number of aryl methyl sites for hydroxylation is 1. The summed E-state index contributed by atoms with van der Waals surface area (Å²) in [5.41, 5.74) is 18.0. The summed E-state index contributed by atoms with van der Waals surface area (Å²) in [6.45, 7) is 4.49. The molecule has 1 aliphatic carbocycles. The van der Waals surface area contributed by atoms with Crippen LogP contribution in [0.15, 0.2) is 30.3 Å². The summed E-state index contributed by atoms with van der Waals surface area (Å²) >= 11 is 0. The largest absolute Gasteiger partial charge is 0.446 e. The maximum atomic E-state index is 11.9. The number of benzene rings is 2. The summed E-state index contributed by atoms with van der Waals surface area (Å²) in [4.78, 5) is 23.5. The third-order valence-electron chi connectivity index (χ3n) is 9.08. The van der Waals surface area contributed by atoms with Crippen LogP contribution in [0.25, 0.3) is 22.3 Å². The monoisotopic (exact) mass is 606 g/mol. The summed E-state index contributed by atoms with van der Waals surface area (Å²) < 4.78 is 11.1. The van der Waals surface area contributed by atoms with E-state index in [1.807, 2.05) is 6.07 Å². The molecule has 1 atom stereocenters. The third kappa shape index (κ3) is 11.5. The normalized spacial score (nSPS) is 12.2. The molecule has 1 unspecified atom stereocenters. The lowest BCUT2D eigenvalue weighted by molar-refractivity contribution is 0.0927. The van der Waals surface area contributed by atoms with Gasteiger partial charge >= 0.3 is 12.2 Å². The highest BCUT2D eigenvalue weighted by Crippen LogP contribution is 2.55. The van der Waals surface area contributed by atoms with Crippen molar-refractivity contribution in [1.82, 2.24) is 0 Å². The van der Waals surface area contributed by atoms with E-state index in [-0.39, 0.29) is 6.10 Å². The van der Waals surface area contributed by atoms with Crippen molar-refractivity contribution in [2.24, 2.45) is 11.5 Å². The zero-order chi connectivity index (χ0) is 31.6. The molecular weight excluding hydrogens is 548 g/mol. The lowest BCUT2D eigenvalue weighted by atomic mass is 9.74. The molecule has 2 amide bonds. The highest BCUT2D eigenvalue weighted by molar-refractivity contribution is 6.07. The molecule has 0 aliphatic heterocycles. The molecule has 2 aromatic rings. The van der Waals surface area contributed by atoms with Crippen molar-refractivity contribution in [2.75, 3.05) is 0 Å². The summed E-state index contributed by atoms with van der Waals surface area (Å²) in [5.74, 6) is 0.565.